The van der Waals surface area contributed by atoms with Crippen LogP contribution in [0.5, 0.6) is 0 Å². The first-order chi connectivity index (χ1) is 14.8. The molecule has 0 radical (unpaired) electrons. The fourth-order valence-electron chi connectivity index (χ4n) is 3.55. The van der Waals surface area contributed by atoms with Crippen LogP contribution in [0.4, 0.5) is 27.5 Å². The van der Waals surface area contributed by atoms with Gasteiger partial charge in [0.15, 0.2) is 0 Å². The zero-order valence-electron chi connectivity index (χ0n) is 17.9. The quantitative estimate of drug-likeness (QED) is 0.528. The smallest absolute Gasteiger partial charge is 0.150 e. The second-order valence-electron chi connectivity index (χ2n) is 8.34. The molecular weight excluding hydrogens is 395 g/mol. The van der Waals surface area contributed by atoms with Crippen LogP contribution < -0.4 is 15.5 Å². The van der Waals surface area contributed by atoms with E-state index in [1.165, 1.54) is 12.1 Å². The molecule has 0 aliphatic carbocycles. The van der Waals surface area contributed by atoms with E-state index in [2.05, 4.69) is 30.5 Å². The molecule has 3 aromatic rings. The topological polar surface area (TPSA) is 86.2 Å². The second kappa shape index (κ2) is 8.47. The van der Waals surface area contributed by atoms with Crippen molar-refractivity contribution in [2.75, 3.05) is 28.6 Å². The van der Waals surface area contributed by atoms with E-state index in [1.54, 1.807) is 30.7 Å². The summed E-state index contributed by atoms with van der Waals surface area (Å²) in [4.78, 5) is 15.1. The van der Waals surface area contributed by atoms with E-state index in [9.17, 15) is 9.50 Å². The van der Waals surface area contributed by atoms with Crippen molar-refractivity contribution in [1.82, 2.24) is 15.0 Å². The molecule has 1 saturated heterocycles. The SMILES string of the molecule is CC(Nc1cc(N2CC(O)(C(C)C)C2)cc(Nc2cnccn2)n1)c1ccc(F)cc1. The zero-order chi connectivity index (χ0) is 22.0. The first-order valence-electron chi connectivity index (χ1n) is 10.4. The highest BCUT2D eigenvalue weighted by Crippen LogP contribution is 2.35. The Morgan fingerprint density at radius 2 is 1.74 bits per heavy atom. The molecule has 0 saturated carbocycles. The lowest BCUT2D eigenvalue weighted by molar-refractivity contribution is -0.0300. The fraction of sp³-hybridized carbons (Fsp3) is 0.348. The van der Waals surface area contributed by atoms with E-state index in [0.29, 0.717) is 30.5 Å². The van der Waals surface area contributed by atoms with Gasteiger partial charge in [0.2, 0.25) is 0 Å². The summed E-state index contributed by atoms with van der Waals surface area (Å²) >= 11 is 0. The molecule has 1 aromatic carbocycles. The molecule has 1 aliphatic heterocycles. The number of nitrogens with zero attached hydrogens (tertiary/aromatic N) is 4. The first kappa shape index (κ1) is 21.0. The average Bonchev–Trinajstić information content (AvgIpc) is 2.72. The van der Waals surface area contributed by atoms with Crippen LogP contribution in [0, 0.1) is 11.7 Å². The molecule has 1 aliphatic rings. The average molecular weight is 423 g/mol. The lowest BCUT2D eigenvalue weighted by atomic mass is 9.83. The summed E-state index contributed by atoms with van der Waals surface area (Å²) in [5, 5.41) is 17.3. The van der Waals surface area contributed by atoms with E-state index < -0.39 is 5.60 Å². The molecule has 31 heavy (non-hydrogen) atoms. The number of benzene rings is 1. The van der Waals surface area contributed by atoms with Crippen molar-refractivity contribution in [3.05, 3.63) is 66.4 Å². The van der Waals surface area contributed by atoms with Crippen molar-refractivity contribution < 1.29 is 9.50 Å². The van der Waals surface area contributed by atoms with Crippen LogP contribution in [0.2, 0.25) is 0 Å². The molecule has 3 N–H and O–H groups in total. The van der Waals surface area contributed by atoms with Gasteiger partial charge >= 0.3 is 0 Å². The van der Waals surface area contributed by atoms with Gasteiger partial charge in [-0.1, -0.05) is 26.0 Å². The van der Waals surface area contributed by atoms with Gasteiger partial charge in [-0.2, -0.15) is 0 Å². The van der Waals surface area contributed by atoms with Crippen LogP contribution in [-0.4, -0.2) is 38.7 Å². The largest absolute Gasteiger partial charge is 0.386 e. The van der Waals surface area contributed by atoms with Crippen LogP contribution in [-0.2, 0) is 0 Å². The molecule has 7 nitrogen and oxygen atoms in total. The molecule has 1 fully saturated rings. The maximum atomic E-state index is 13.3. The van der Waals surface area contributed by atoms with Gasteiger partial charge in [0.25, 0.3) is 0 Å². The molecule has 2 aromatic heterocycles. The van der Waals surface area contributed by atoms with E-state index in [-0.39, 0.29) is 17.8 Å². The molecule has 1 unspecified atom stereocenters. The van der Waals surface area contributed by atoms with E-state index >= 15 is 0 Å². The Kier molecular flexibility index (Phi) is 5.73. The summed E-state index contributed by atoms with van der Waals surface area (Å²) in [5.41, 5.74) is 1.22. The van der Waals surface area contributed by atoms with Crippen molar-refractivity contribution in [3.63, 3.8) is 0 Å². The Morgan fingerprint density at radius 1 is 1.03 bits per heavy atom. The van der Waals surface area contributed by atoms with Gasteiger partial charge in [-0.15, -0.1) is 0 Å². The summed E-state index contributed by atoms with van der Waals surface area (Å²) in [6, 6.07) is 10.2. The fourth-order valence-corrected chi connectivity index (χ4v) is 3.55. The minimum absolute atomic E-state index is 0.0725. The van der Waals surface area contributed by atoms with Gasteiger partial charge in [-0.25, -0.2) is 14.4 Å². The number of anilines is 4. The second-order valence-corrected chi connectivity index (χ2v) is 8.34. The van der Waals surface area contributed by atoms with Crippen LogP contribution in [0.3, 0.4) is 0 Å². The predicted molar refractivity (Wildman–Crippen MR) is 120 cm³/mol. The molecule has 162 valence electrons. The number of nitrogens with one attached hydrogen (secondary N) is 2. The predicted octanol–water partition coefficient (Wildman–Crippen LogP) is 4.13. The molecule has 1 atom stereocenters. The van der Waals surface area contributed by atoms with Gasteiger partial charge < -0.3 is 20.6 Å². The van der Waals surface area contributed by atoms with Crippen molar-refractivity contribution in [3.8, 4) is 0 Å². The maximum Gasteiger partial charge on any atom is 0.150 e. The van der Waals surface area contributed by atoms with Crippen LogP contribution in [0.1, 0.15) is 32.4 Å². The van der Waals surface area contributed by atoms with Crippen LogP contribution in [0.25, 0.3) is 0 Å². The standard InChI is InChI=1S/C23H27FN6O/c1-15(2)23(31)13-30(14-23)19-10-20(27-16(3)17-4-6-18(24)7-5-17)28-21(11-19)29-22-12-25-8-9-26-22/h4-12,15-16,31H,13-14H2,1-3H3,(H2,26,27,28,29). The number of hydrogen-bond acceptors (Lipinski definition) is 7. The number of aromatic nitrogens is 3. The Hall–Kier alpha value is -3.26. The van der Waals surface area contributed by atoms with Crippen molar-refractivity contribution in [2.45, 2.75) is 32.4 Å². The maximum absolute atomic E-state index is 13.3. The Balaban J connectivity index is 1.59. The third-order valence-electron chi connectivity index (χ3n) is 5.73. The minimum Gasteiger partial charge on any atom is -0.386 e. The third-order valence-corrected chi connectivity index (χ3v) is 5.73. The Bertz CT molecular complexity index is 1020. The Labute approximate surface area is 181 Å². The summed E-state index contributed by atoms with van der Waals surface area (Å²) in [6.45, 7) is 7.18. The highest BCUT2D eigenvalue weighted by atomic mass is 19.1. The molecule has 3 heterocycles. The summed E-state index contributed by atoms with van der Waals surface area (Å²) in [6.07, 6.45) is 4.85. The van der Waals surface area contributed by atoms with Gasteiger partial charge in [-0.05, 0) is 30.5 Å². The first-order valence-corrected chi connectivity index (χ1v) is 10.4. The monoisotopic (exact) mass is 422 g/mol. The molecule has 4 rings (SSSR count). The third kappa shape index (κ3) is 4.74. The molecule has 0 amide bonds. The lowest BCUT2D eigenvalue weighted by Crippen LogP contribution is -2.64. The normalized spacial score (nSPS) is 16.0. The number of hydrogen-bond donors (Lipinski definition) is 3. The van der Waals surface area contributed by atoms with Crippen molar-refractivity contribution >= 4 is 23.1 Å². The van der Waals surface area contributed by atoms with E-state index in [1.807, 2.05) is 32.9 Å². The minimum atomic E-state index is -0.684. The van der Waals surface area contributed by atoms with Gasteiger partial charge in [0.1, 0.15) is 28.9 Å². The van der Waals surface area contributed by atoms with Crippen molar-refractivity contribution in [1.29, 1.82) is 0 Å². The molecule has 0 bridgehead atoms. The summed E-state index contributed by atoms with van der Waals surface area (Å²) in [7, 11) is 0. The number of pyridine rings is 1. The zero-order valence-corrected chi connectivity index (χ0v) is 17.9. The molecule has 0 spiro atoms. The number of β-amino-alcohol motifs (C(OH)–C–C–N with tert-alkyl or cyclic N) is 1. The summed E-state index contributed by atoms with van der Waals surface area (Å²) < 4.78 is 13.3. The van der Waals surface area contributed by atoms with Crippen LogP contribution in [0.15, 0.2) is 55.0 Å². The van der Waals surface area contributed by atoms with Crippen LogP contribution >= 0.6 is 0 Å². The van der Waals surface area contributed by atoms with E-state index in [4.69, 9.17) is 0 Å². The van der Waals surface area contributed by atoms with Gasteiger partial charge in [0, 0.05) is 49.3 Å². The van der Waals surface area contributed by atoms with Crippen molar-refractivity contribution in [2.24, 2.45) is 5.92 Å². The van der Waals surface area contributed by atoms with E-state index in [0.717, 1.165) is 11.3 Å². The number of aliphatic hydroxyl groups is 1. The number of rotatable bonds is 7. The van der Waals surface area contributed by atoms with Gasteiger partial charge in [-0.3, -0.25) is 4.98 Å². The lowest BCUT2D eigenvalue weighted by Gasteiger charge is -2.50. The number of halogens is 1. The molecular formula is C23H27FN6O. The Morgan fingerprint density at radius 3 is 2.39 bits per heavy atom. The molecule has 8 heteroatoms. The highest BCUT2D eigenvalue weighted by Gasteiger charge is 2.43. The van der Waals surface area contributed by atoms with Gasteiger partial charge in [0.05, 0.1) is 6.20 Å². The summed E-state index contributed by atoms with van der Waals surface area (Å²) in [5.74, 6) is 1.79. The highest BCUT2D eigenvalue weighted by molar-refractivity contribution is 5.66.